The summed E-state index contributed by atoms with van der Waals surface area (Å²) >= 11 is 0. The number of nitrogens with zero attached hydrogens (tertiary/aromatic N) is 2. The van der Waals surface area contributed by atoms with Crippen molar-refractivity contribution < 1.29 is 14.7 Å². The van der Waals surface area contributed by atoms with Gasteiger partial charge in [0, 0.05) is 39.0 Å². The molecule has 0 spiro atoms. The highest BCUT2D eigenvalue weighted by Crippen LogP contribution is 2.64. The van der Waals surface area contributed by atoms with Crippen molar-refractivity contribution in [1.29, 1.82) is 0 Å². The minimum absolute atomic E-state index is 0.148. The molecule has 0 aromatic heterocycles. The van der Waals surface area contributed by atoms with E-state index in [0.29, 0.717) is 18.2 Å². The van der Waals surface area contributed by atoms with Crippen LogP contribution in [0.5, 0.6) is 0 Å². The Labute approximate surface area is 194 Å². The number of carbonyl (C=O) groups excluding carboxylic acids is 2. The summed E-state index contributed by atoms with van der Waals surface area (Å²) in [6.07, 6.45) is 10.6. The minimum atomic E-state index is -0.446. The molecule has 4 saturated carbocycles. The quantitative estimate of drug-likeness (QED) is 0.720. The molecule has 5 heteroatoms. The molecule has 4 aliphatic carbocycles. The molecule has 1 amide bonds. The standard InChI is InChI=1S/C27H44N2O3/c1-18(30)29-14-12-28(13-15-29)17-25(31)24-7-6-23-22-5-4-19-16-26(2,32)10-8-20(19)21(22)9-11-27(23,24)3/h19-24,32H,4-17H2,1-3H3/t19-,20+,21-,22?,23+,24-,26-,27+/m1/s1. The average Bonchev–Trinajstić information content (AvgIpc) is 3.10. The number of hydrogen-bond acceptors (Lipinski definition) is 4. The number of carbonyl (C=O) groups is 2. The first-order valence-corrected chi connectivity index (χ1v) is 13.4. The van der Waals surface area contributed by atoms with E-state index in [1.54, 1.807) is 6.92 Å². The number of Topliss-reactive ketones (excluding diaryl/α,β-unsaturated/α-hetero) is 1. The van der Waals surface area contributed by atoms with Crippen LogP contribution in [0.15, 0.2) is 0 Å². The predicted octanol–water partition coefficient (Wildman–Crippen LogP) is 3.74. The maximum absolute atomic E-state index is 13.5. The third-order valence-electron chi connectivity index (χ3n) is 10.8. The van der Waals surface area contributed by atoms with Gasteiger partial charge in [-0.3, -0.25) is 14.5 Å². The van der Waals surface area contributed by atoms with Gasteiger partial charge in [0.1, 0.15) is 5.78 Å². The minimum Gasteiger partial charge on any atom is -0.390 e. The largest absolute Gasteiger partial charge is 0.390 e. The van der Waals surface area contributed by atoms with E-state index in [1.165, 1.54) is 38.5 Å². The van der Waals surface area contributed by atoms with Crippen molar-refractivity contribution in [1.82, 2.24) is 9.80 Å². The Hall–Kier alpha value is -0.940. The Kier molecular flexibility index (Phi) is 5.97. The summed E-state index contributed by atoms with van der Waals surface area (Å²) in [6, 6.07) is 0. The zero-order chi connectivity index (χ0) is 22.7. The molecule has 32 heavy (non-hydrogen) atoms. The third-order valence-corrected chi connectivity index (χ3v) is 10.8. The average molecular weight is 445 g/mol. The van der Waals surface area contributed by atoms with Crippen molar-refractivity contribution in [3.05, 3.63) is 0 Å². The summed E-state index contributed by atoms with van der Waals surface area (Å²) in [5, 5.41) is 10.6. The predicted molar refractivity (Wildman–Crippen MR) is 125 cm³/mol. The van der Waals surface area contributed by atoms with Crippen molar-refractivity contribution >= 4 is 11.7 Å². The van der Waals surface area contributed by atoms with Gasteiger partial charge in [-0.1, -0.05) is 6.92 Å². The number of hydrogen-bond donors (Lipinski definition) is 1. The third kappa shape index (κ3) is 3.96. The second kappa shape index (κ2) is 8.37. The molecule has 1 saturated heterocycles. The summed E-state index contributed by atoms with van der Waals surface area (Å²) in [5.74, 6) is 4.72. The number of fused-ring (bicyclic) bond motifs is 5. The Balaban J connectivity index is 1.22. The van der Waals surface area contributed by atoms with Crippen LogP contribution in [-0.2, 0) is 9.59 Å². The maximum Gasteiger partial charge on any atom is 0.219 e. The number of amides is 1. The van der Waals surface area contributed by atoms with Gasteiger partial charge in [-0.25, -0.2) is 0 Å². The van der Waals surface area contributed by atoms with Gasteiger partial charge in [0.05, 0.1) is 12.1 Å². The lowest BCUT2D eigenvalue weighted by Crippen LogP contribution is -2.52. The molecular formula is C27H44N2O3. The molecule has 1 heterocycles. The van der Waals surface area contributed by atoms with Gasteiger partial charge in [-0.05, 0) is 99.7 Å². The first-order chi connectivity index (χ1) is 15.2. The van der Waals surface area contributed by atoms with Gasteiger partial charge in [-0.15, -0.1) is 0 Å². The van der Waals surface area contributed by atoms with E-state index in [2.05, 4.69) is 11.8 Å². The highest BCUT2D eigenvalue weighted by Gasteiger charge is 2.58. The van der Waals surface area contributed by atoms with Crippen LogP contribution < -0.4 is 0 Å². The smallest absolute Gasteiger partial charge is 0.219 e. The molecule has 1 unspecified atom stereocenters. The van der Waals surface area contributed by atoms with Crippen molar-refractivity contribution in [3.63, 3.8) is 0 Å². The summed E-state index contributed by atoms with van der Waals surface area (Å²) < 4.78 is 0. The molecule has 1 aliphatic heterocycles. The Morgan fingerprint density at radius 1 is 0.875 bits per heavy atom. The highest BCUT2D eigenvalue weighted by atomic mass is 16.3. The molecule has 0 aromatic rings. The number of piperazine rings is 1. The molecule has 1 N–H and O–H groups in total. The van der Waals surface area contributed by atoms with E-state index >= 15 is 0 Å². The highest BCUT2D eigenvalue weighted by molar-refractivity contribution is 5.84. The summed E-state index contributed by atoms with van der Waals surface area (Å²) in [7, 11) is 0. The van der Waals surface area contributed by atoms with Gasteiger partial charge in [0.25, 0.3) is 0 Å². The molecule has 0 radical (unpaired) electrons. The second-order valence-corrected chi connectivity index (χ2v) is 12.6. The Morgan fingerprint density at radius 2 is 1.59 bits per heavy atom. The number of rotatable bonds is 3. The van der Waals surface area contributed by atoms with Crippen LogP contribution in [0.2, 0.25) is 0 Å². The topological polar surface area (TPSA) is 60.9 Å². The lowest BCUT2D eigenvalue weighted by Gasteiger charge is -2.57. The van der Waals surface area contributed by atoms with E-state index < -0.39 is 5.60 Å². The van der Waals surface area contributed by atoms with Gasteiger partial charge < -0.3 is 10.0 Å². The molecule has 5 aliphatic rings. The van der Waals surface area contributed by atoms with Crippen LogP contribution in [0.4, 0.5) is 0 Å². The van der Waals surface area contributed by atoms with Crippen LogP contribution >= 0.6 is 0 Å². The van der Waals surface area contributed by atoms with Crippen molar-refractivity contribution in [2.75, 3.05) is 32.7 Å². The monoisotopic (exact) mass is 444 g/mol. The Bertz CT molecular complexity index is 743. The van der Waals surface area contributed by atoms with E-state index in [9.17, 15) is 14.7 Å². The van der Waals surface area contributed by atoms with E-state index in [0.717, 1.165) is 69.1 Å². The molecule has 5 fully saturated rings. The number of ketones is 1. The van der Waals surface area contributed by atoms with Crippen LogP contribution in [-0.4, -0.2) is 64.9 Å². The lowest BCUT2D eigenvalue weighted by atomic mass is 9.49. The fourth-order valence-electron chi connectivity index (χ4n) is 9.16. The van der Waals surface area contributed by atoms with Gasteiger partial charge in [-0.2, -0.15) is 0 Å². The van der Waals surface area contributed by atoms with Crippen molar-refractivity contribution in [3.8, 4) is 0 Å². The molecule has 5 rings (SSSR count). The Morgan fingerprint density at radius 3 is 2.31 bits per heavy atom. The molecule has 0 aromatic carbocycles. The zero-order valence-corrected chi connectivity index (χ0v) is 20.5. The fourth-order valence-corrected chi connectivity index (χ4v) is 9.16. The zero-order valence-electron chi connectivity index (χ0n) is 20.5. The second-order valence-electron chi connectivity index (χ2n) is 12.6. The normalized spacial score (nSPS) is 46.8. The van der Waals surface area contributed by atoms with Crippen molar-refractivity contribution in [2.24, 2.45) is 40.9 Å². The number of aliphatic hydroxyl groups is 1. The fraction of sp³-hybridized carbons (Fsp3) is 0.926. The summed E-state index contributed by atoms with van der Waals surface area (Å²) in [5.41, 5.74) is -0.260. The van der Waals surface area contributed by atoms with Gasteiger partial charge in [0.15, 0.2) is 0 Å². The molecule has 5 nitrogen and oxygen atoms in total. The summed E-state index contributed by atoms with van der Waals surface area (Å²) in [6.45, 7) is 9.88. The van der Waals surface area contributed by atoms with Crippen LogP contribution in [0, 0.1) is 40.9 Å². The van der Waals surface area contributed by atoms with Gasteiger partial charge in [0.2, 0.25) is 5.91 Å². The summed E-state index contributed by atoms with van der Waals surface area (Å²) in [4.78, 5) is 29.3. The van der Waals surface area contributed by atoms with E-state index in [4.69, 9.17) is 0 Å². The molecule has 0 bridgehead atoms. The van der Waals surface area contributed by atoms with Crippen LogP contribution in [0.25, 0.3) is 0 Å². The van der Waals surface area contributed by atoms with Crippen molar-refractivity contribution in [2.45, 2.75) is 84.2 Å². The van der Waals surface area contributed by atoms with Crippen LogP contribution in [0.3, 0.4) is 0 Å². The first-order valence-electron chi connectivity index (χ1n) is 13.4. The van der Waals surface area contributed by atoms with E-state index in [1.807, 2.05) is 11.8 Å². The molecule has 8 atom stereocenters. The molecule has 180 valence electrons. The first kappa shape index (κ1) is 22.8. The SMILES string of the molecule is CC(=O)N1CCN(CC(=O)[C@H]2CC[C@H]3C4CC[C@@H]5C[C@](C)(O)CC[C@@H]5[C@H]4CC[C@]23C)CC1. The molecular weight excluding hydrogens is 400 g/mol. The lowest BCUT2D eigenvalue weighted by molar-refractivity contribution is -0.134. The maximum atomic E-state index is 13.5. The van der Waals surface area contributed by atoms with E-state index in [-0.39, 0.29) is 17.2 Å². The van der Waals surface area contributed by atoms with Crippen LogP contribution in [0.1, 0.15) is 78.6 Å². The van der Waals surface area contributed by atoms with Gasteiger partial charge >= 0.3 is 0 Å².